The molecule has 11 heteroatoms. The number of hydrogen-bond donors (Lipinski definition) is 2. The summed E-state index contributed by atoms with van der Waals surface area (Å²) in [6.45, 7) is -0.384. The number of rotatable bonds is 8. The van der Waals surface area contributed by atoms with Gasteiger partial charge in [-0.05, 0) is 72.6 Å². The van der Waals surface area contributed by atoms with Gasteiger partial charge < -0.3 is 10.4 Å². The maximum absolute atomic E-state index is 13.0. The minimum atomic E-state index is -4.44. The Morgan fingerprint density at radius 1 is 0.929 bits per heavy atom. The Bertz CT molecular complexity index is 1690. The van der Waals surface area contributed by atoms with Crippen LogP contribution in [0.25, 0.3) is 28.2 Å². The molecular weight excluding hydrogens is 588 g/mol. The van der Waals surface area contributed by atoms with Crippen molar-refractivity contribution in [1.29, 1.82) is 0 Å². The van der Waals surface area contributed by atoms with Crippen molar-refractivity contribution in [3.8, 4) is 28.2 Å². The average molecular weight is 611 g/mol. The monoisotopic (exact) mass is 610 g/mol. The highest BCUT2D eigenvalue weighted by Crippen LogP contribution is 2.32. The molecule has 1 amide bonds. The van der Waals surface area contributed by atoms with Gasteiger partial charge in [0.25, 0.3) is 5.91 Å². The van der Waals surface area contributed by atoms with Gasteiger partial charge in [-0.25, -0.2) is 4.68 Å². The number of nitrogens with zero attached hydrogens (tertiary/aromatic N) is 3. The molecule has 42 heavy (non-hydrogen) atoms. The Morgan fingerprint density at radius 2 is 1.67 bits per heavy atom. The number of halogens is 5. The molecule has 6 nitrogen and oxygen atoms in total. The van der Waals surface area contributed by atoms with Crippen molar-refractivity contribution < 1.29 is 23.1 Å². The fraction of sp³-hybridized carbons (Fsp3) is 0.129. The SMILES string of the molecule is O=C(N[C@H](CO)Cc1ccc(C(F)(F)F)cc1)c1ccc(-c2cc(-c3cccnc3)nn2-c2ccc(Cl)c(Cl)c2)cc1. The van der Waals surface area contributed by atoms with Crippen molar-refractivity contribution in [3.63, 3.8) is 0 Å². The Kier molecular flexibility index (Phi) is 8.63. The van der Waals surface area contributed by atoms with E-state index in [1.807, 2.05) is 18.2 Å². The van der Waals surface area contributed by atoms with Gasteiger partial charge in [0.2, 0.25) is 0 Å². The van der Waals surface area contributed by atoms with Crippen LogP contribution in [0.4, 0.5) is 13.2 Å². The number of benzene rings is 3. The Morgan fingerprint density at radius 3 is 2.29 bits per heavy atom. The van der Waals surface area contributed by atoms with E-state index < -0.39 is 23.7 Å². The van der Waals surface area contributed by atoms with E-state index in [1.165, 1.54) is 12.1 Å². The lowest BCUT2D eigenvalue weighted by Crippen LogP contribution is -2.39. The normalized spacial score (nSPS) is 12.2. The Hall–Kier alpha value is -4.18. The Balaban J connectivity index is 1.37. The zero-order chi connectivity index (χ0) is 29.9. The molecule has 1 atom stereocenters. The molecule has 0 saturated carbocycles. The highest BCUT2D eigenvalue weighted by Gasteiger charge is 2.30. The molecule has 0 aliphatic rings. The summed E-state index contributed by atoms with van der Waals surface area (Å²) < 4.78 is 40.3. The molecule has 0 bridgehead atoms. The molecule has 0 aliphatic heterocycles. The van der Waals surface area contributed by atoms with Gasteiger partial charge in [-0.1, -0.05) is 47.5 Å². The van der Waals surface area contributed by atoms with Crippen LogP contribution in [0.3, 0.4) is 0 Å². The van der Waals surface area contributed by atoms with Crippen molar-refractivity contribution in [2.75, 3.05) is 6.61 Å². The van der Waals surface area contributed by atoms with Gasteiger partial charge in [0.1, 0.15) is 0 Å². The van der Waals surface area contributed by atoms with E-state index in [9.17, 15) is 23.1 Å². The van der Waals surface area contributed by atoms with E-state index in [0.29, 0.717) is 32.6 Å². The van der Waals surface area contributed by atoms with Crippen LogP contribution in [0.2, 0.25) is 10.0 Å². The molecule has 0 saturated heterocycles. The van der Waals surface area contributed by atoms with E-state index in [4.69, 9.17) is 28.3 Å². The van der Waals surface area contributed by atoms with Gasteiger partial charge in [0.15, 0.2) is 0 Å². The summed E-state index contributed by atoms with van der Waals surface area (Å²) in [4.78, 5) is 17.1. The topological polar surface area (TPSA) is 80.0 Å². The quantitative estimate of drug-likeness (QED) is 0.194. The number of pyridine rings is 1. The summed E-state index contributed by atoms with van der Waals surface area (Å²) in [5, 5.41) is 18.1. The van der Waals surface area contributed by atoms with Crippen molar-refractivity contribution in [2.24, 2.45) is 0 Å². The van der Waals surface area contributed by atoms with Gasteiger partial charge in [0.05, 0.1) is 45.3 Å². The maximum atomic E-state index is 13.0. The van der Waals surface area contributed by atoms with E-state index >= 15 is 0 Å². The lowest BCUT2D eigenvalue weighted by atomic mass is 10.0. The molecule has 2 aromatic heterocycles. The molecule has 0 spiro atoms. The summed E-state index contributed by atoms with van der Waals surface area (Å²) in [5.74, 6) is -0.429. The first-order chi connectivity index (χ1) is 20.1. The second-order valence-corrected chi connectivity index (χ2v) is 10.3. The molecule has 0 unspecified atom stereocenters. The van der Waals surface area contributed by atoms with E-state index in [2.05, 4.69) is 10.3 Å². The predicted molar refractivity (Wildman–Crippen MR) is 156 cm³/mol. The maximum Gasteiger partial charge on any atom is 0.416 e. The predicted octanol–water partition coefficient (Wildman–Crippen LogP) is 7.26. The molecule has 0 radical (unpaired) electrons. The molecule has 3 aromatic carbocycles. The second kappa shape index (κ2) is 12.4. The van der Waals surface area contributed by atoms with Crippen LogP contribution in [0.15, 0.2) is 97.3 Å². The van der Waals surface area contributed by atoms with E-state index in [-0.39, 0.29) is 13.0 Å². The van der Waals surface area contributed by atoms with Gasteiger partial charge in [0, 0.05) is 29.1 Å². The fourth-order valence-electron chi connectivity index (χ4n) is 4.39. The number of carbonyl (C=O) groups is 1. The minimum absolute atomic E-state index is 0.165. The van der Waals surface area contributed by atoms with Crippen LogP contribution >= 0.6 is 23.2 Å². The number of carbonyl (C=O) groups excluding carboxylic acids is 1. The lowest BCUT2D eigenvalue weighted by Gasteiger charge is -2.17. The molecule has 2 heterocycles. The third kappa shape index (κ3) is 6.65. The zero-order valence-electron chi connectivity index (χ0n) is 21.8. The van der Waals surface area contributed by atoms with E-state index in [1.54, 1.807) is 59.5 Å². The summed E-state index contributed by atoms with van der Waals surface area (Å²) in [5.41, 5.74) is 3.82. The summed E-state index contributed by atoms with van der Waals surface area (Å²) in [6, 6.07) is 21.6. The number of hydrogen-bond acceptors (Lipinski definition) is 4. The van der Waals surface area contributed by atoms with Crippen LogP contribution in [0.5, 0.6) is 0 Å². The number of aliphatic hydroxyl groups is 1. The fourth-order valence-corrected chi connectivity index (χ4v) is 4.68. The van der Waals surface area contributed by atoms with Gasteiger partial charge in [-0.15, -0.1) is 0 Å². The van der Waals surface area contributed by atoms with Crippen molar-refractivity contribution in [3.05, 3.63) is 124 Å². The van der Waals surface area contributed by atoms with Crippen LogP contribution < -0.4 is 5.32 Å². The highest BCUT2D eigenvalue weighted by atomic mass is 35.5. The van der Waals surface area contributed by atoms with Gasteiger partial charge in [-0.3, -0.25) is 9.78 Å². The zero-order valence-corrected chi connectivity index (χ0v) is 23.3. The summed E-state index contributed by atoms with van der Waals surface area (Å²) >= 11 is 12.4. The number of aliphatic hydroxyl groups excluding tert-OH is 1. The molecule has 5 aromatic rings. The second-order valence-electron chi connectivity index (χ2n) is 9.50. The number of aromatic nitrogens is 3. The molecule has 2 N–H and O–H groups in total. The summed E-state index contributed by atoms with van der Waals surface area (Å²) in [6.07, 6.45) is -0.885. The standard InChI is InChI=1S/C31H23Cl2F3N4O2/c32-26-12-11-25(15-27(26)33)40-29(16-28(39-40)22-2-1-13-37-17-22)20-5-7-21(8-6-20)30(42)38-24(18-41)14-19-3-9-23(10-4-19)31(34,35)36/h1-13,15-17,24,41H,14,18H2,(H,38,42)/t24-/m0/s1. The molecule has 5 rings (SSSR count). The molecule has 214 valence electrons. The first-order valence-electron chi connectivity index (χ1n) is 12.8. The highest BCUT2D eigenvalue weighted by molar-refractivity contribution is 6.42. The number of amides is 1. The van der Waals surface area contributed by atoms with Gasteiger partial charge in [-0.2, -0.15) is 18.3 Å². The van der Waals surface area contributed by atoms with Crippen LogP contribution in [-0.2, 0) is 12.6 Å². The first-order valence-corrected chi connectivity index (χ1v) is 13.5. The lowest BCUT2D eigenvalue weighted by molar-refractivity contribution is -0.137. The minimum Gasteiger partial charge on any atom is -0.394 e. The van der Waals surface area contributed by atoms with Crippen LogP contribution in [0, 0.1) is 0 Å². The molecule has 0 fully saturated rings. The average Bonchev–Trinajstić information content (AvgIpc) is 3.44. The largest absolute Gasteiger partial charge is 0.416 e. The molecule has 0 aliphatic carbocycles. The van der Waals surface area contributed by atoms with Crippen molar-refractivity contribution >= 4 is 29.1 Å². The smallest absolute Gasteiger partial charge is 0.394 e. The van der Waals surface area contributed by atoms with Crippen LogP contribution in [0.1, 0.15) is 21.5 Å². The number of alkyl halides is 3. The first kappa shape index (κ1) is 29.3. The number of nitrogens with one attached hydrogen (secondary N) is 1. The van der Waals surface area contributed by atoms with Gasteiger partial charge >= 0.3 is 6.18 Å². The Labute approximate surface area is 249 Å². The van der Waals surface area contributed by atoms with Crippen LogP contribution in [-0.4, -0.2) is 38.4 Å². The third-order valence-corrected chi connectivity index (χ3v) is 7.32. The third-order valence-electron chi connectivity index (χ3n) is 6.58. The van der Waals surface area contributed by atoms with E-state index in [0.717, 1.165) is 29.0 Å². The van der Waals surface area contributed by atoms with Crippen molar-refractivity contribution in [2.45, 2.75) is 18.6 Å². The summed E-state index contributed by atoms with van der Waals surface area (Å²) in [7, 11) is 0. The molecular formula is C31H23Cl2F3N4O2. The van der Waals surface area contributed by atoms with Crippen molar-refractivity contribution in [1.82, 2.24) is 20.1 Å².